The molecular weight excluding hydrogens is 760 g/mol. The van der Waals surface area contributed by atoms with E-state index in [1.54, 1.807) is 0 Å². The average molecular weight is 837 g/mol. The number of unbranched alkanes of at least 4 members (excludes halogenated alkanes) is 17. The van der Waals surface area contributed by atoms with Crippen molar-refractivity contribution in [1.82, 2.24) is 0 Å². The SMILES string of the molecule is C=C(CC(=O)O)C(=O)O.C=CCCCCCCCCCC.CC(CC(=O)O)C(=O)O.CCCCCCCCCCCC.O=C(O)CCC(=O)O.O=C(O)CCC(=O)O. The summed E-state index contributed by atoms with van der Waals surface area (Å²) in [5.74, 6) is -9.69. The Bertz CT molecular complexity index is 1030. The van der Waals surface area contributed by atoms with Crippen LogP contribution in [0.2, 0.25) is 0 Å². The first kappa shape index (κ1) is 65.1. The van der Waals surface area contributed by atoms with Gasteiger partial charge in [0.1, 0.15) is 0 Å². The minimum absolute atomic E-state index is 0.296. The molecule has 0 saturated heterocycles. The molecule has 1 unspecified atom stereocenters. The molecule has 0 amide bonds. The summed E-state index contributed by atoms with van der Waals surface area (Å²) in [4.78, 5) is 78.0. The maximum absolute atomic E-state index is 9.97. The van der Waals surface area contributed by atoms with Gasteiger partial charge in [-0.25, -0.2) is 4.79 Å². The third kappa shape index (κ3) is 84.0. The fourth-order valence-electron chi connectivity index (χ4n) is 4.02. The van der Waals surface area contributed by atoms with E-state index >= 15 is 0 Å². The van der Waals surface area contributed by atoms with Crippen molar-refractivity contribution in [2.45, 2.75) is 188 Å². The highest BCUT2D eigenvalue weighted by Crippen LogP contribution is 2.10. The molecule has 16 heteroatoms. The molecule has 0 heterocycles. The number of aliphatic carboxylic acids is 8. The monoisotopic (exact) mass is 837 g/mol. The fourth-order valence-corrected chi connectivity index (χ4v) is 4.02. The van der Waals surface area contributed by atoms with Crippen molar-refractivity contribution >= 4 is 47.8 Å². The van der Waals surface area contributed by atoms with Crippen LogP contribution < -0.4 is 0 Å². The second-order valence-electron chi connectivity index (χ2n) is 13.3. The molecular formula is C42H76O16. The Kier molecular flexibility index (Phi) is 58.6. The predicted octanol–water partition coefficient (Wildman–Crippen LogP) is 9.79. The van der Waals surface area contributed by atoms with Crippen molar-refractivity contribution in [3.8, 4) is 0 Å². The average Bonchev–Trinajstić information content (AvgIpc) is 3.13. The molecule has 0 aromatic rings. The Morgan fingerprint density at radius 1 is 0.448 bits per heavy atom. The zero-order chi connectivity index (χ0) is 46.2. The second-order valence-corrected chi connectivity index (χ2v) is 13.3. The molecule has 0 aliphatic carbocycles. The summed E-state index contributed by atoms with van der Waals surface area (Å²) in [5.41, 5.74) is -0.303. The lowest BCUT2D eigenvalue weighted by molar-refractivity contribution is -0.147. The topological polar surface area (TPSA) is 298 Å². The number of hydrogen-bond acceptors (Lipinski definition) is 8. The van der Waals surface area contributed by atoms with E-state index < -0.39 is 60.1 Å². The molecule has 340 valence electrons. The lowest BCUT2D eigenvalue weighted by atomic mass is 10.1. The third-order valence-electron chi connectivity index (χ3n) is 7.39. The molecule has 0 saturated carbocycles. The van der Waals surface area contributed by atoms with Crippen molar-refractivity contribution in [2.75, 3.05) is 0 Å². The maximum Gasteiger partial charge on any atom is 0.331 e. The molecule has 16 nitrogen and oxygen atoms in total. The smallest absolute Gasteiger partial charge is 0.331 e. The van der Waals surface area contributed by atoms with Gasteiger partial charge < -0.3 is 40.9 Å². The van der Waals surface area contributed by atoms with E-state index in [0.29, 0.717) is 0 Å². The van der Waals surface area contributed by atoms with Crippen LogP contribution >= 0.6 is 0 Å². The summed E-state index contributed by atoms with van der Waals surface area (Å²) in [6.45, 7) is 14.9. The Hall–Kier alpha value is -4.76. The van der Waals surface area contributed by atoms with Crippen LogP contribution in [0.25, 0.3) is 0 Å². The molecule has 0 spiro atoms. The summed E-state index contributed by atoms with van der Waals surface area (Å²) in [7, 11) is 0. The molecule has 0 fully saturated rings. The second kappa shape index (κ2) is 52.2. The lowest BCUT2D eigenvalue weighted by Gasteiger charge is -1.99. The van der Waals surface area contributed by atoms with Crippen LogP contribution in [0.4, 0.5) is 0 Å². The molecule has 0 aromatic heterocycles. The standard InChI is InChI=1S/C12H26.C12H24.C5H8O4.C5H6O4.2C4H6O4/c2*1-3-5-7-9-11-12-10-8-6-4-2;2*1-3(5(8)9)2-4(6)7;2*5-3(6)1-2-4(7)8/h3-12H2,1-2H3;3H,1,4-12H2,2H3;3H,2H2,1H3,(H,6,7)(H,8,9);1-2H2,(H,6,7)(H,8,9);2*1-2H2,(H,5,6)(H,7,8). The van der Waals surface area contributed by atoms with Gasteiger partial charge >= 0.3 is 47.8 Å². The highest BCUT2D eigenvalue weighted by Gasteiger charge is 2.14. The zero-order valence-electron chi connectivity index (χ0n) is 35.6. The first-order valence-corrected chi connectivity index (χ1v) is 20.2. The normalized spacial score (nSPS) is 9.86. The van der Waals surface area contributed by atoms with Gasteiger partial charge in [-0.05, 0) is 12.8 Å². The Morgan fingerprint density at radius 3 is 0.879 bits per heavy atom. The highest BCUT2D eigenvalue weighted by atomic mass is 16.4. The summed E-state index contributed by atoms with van der Waals surface area (Å²) in [6.07, 6.45) is 27.0. The van der Waals surface area contributed by atoms with E-state index in [1.165, 1.54) is 129 Å². The van der Waals surface area contributed by atoms with Gasteiger partial charge in [0.2, 0.25) is 0 Å². The van der Waals surface area contributed by atoms with Crippen molar-refractivity contribution in [1.29, 1.82) is 0 Å². The van der Waals surface area contributed by atoms with Gasteiger partial charge in [0.15, 0.2) is 0 Å². The van der Waals surface area contributed by atoms with Crippen LogP contribution in [-0.2, 0) is 38.4 Å². The molecule has 8 N–H and O–H groups in total. The summed E-state index contributed by atoms with van der Waals surface area (Å²) in [5, 5.41) is 63.9. The van der Waals surface area contributed by atoms with Gasteiger partial charge in [-0.1, -0.05) is 150 Å². The first-order chi connectivity index (χ1) is 27.2. The zero-order valence-corrected chi connectivity index (χ0v) is 35.6. The third-order valence-corrected chi connectivity index (χ3v) is 7.39. The van der Waals surface area contributed by atoms with Crippen LogP contribution in [0.1, 0.15) is 188 Å². The van der Waals surface area contributed by atoms with Gasteiger partial charge in [0.05, 0.1) is 44.4 Å². The molecule has 0 aliphatic heterocycles. The quantitative estimate of drug-likeness (QED) is 0.0190. The minimum atomic E-state index is -1.27. The number of carboxylic acid groups (broad SMARTS) is 8. The van der Waals surface area contributed by atoms with Gasteiger partial charge in [-0.2, -0.15) is 0 Å². The number of rotatable bonds is 30. The van der Waals surface area contributed by atoms with Crippen molar-refractivity contribution in [3.05, 3.63) is 24.8 Å². The molecule has 0 rings (SSSR count). The minimum Gasteiger partial charge on any atom is -0.481 e. The van der Waals surface area contributed by atoms with Gasteiger partial charge in [-0.15, -0.1) is 6.58 Å². The number of allylic oxidation sites excluding steroid dienone is 1. The van der Waals surface area contributed by atoms with Crippen LogP contribution in [0.5, 0.6) is 0 Å². The molecule has 0 bridgehead atoms. The summed E-state index contributed by atoms with van der Waals surface area (Å²) < 4.78 is 0. The lowest BCUT2D eigenvalue weighted by Crippen LogP contribution is -2.13. The van der Waals surface area contributed by atoms with Crippen LogP contribution in [-0.4, -0.2) is 88.6 Å². The van der Waals surface area contributed by atoms with Crippen molar-refractivity contribution in [2.24, 2.45) is 5.92 Å². The molecule has 0 aromatic carbocycles. The van der Waals surface area contributed by atoms with E-state index in [-0.39, 0.29) is 37.7 Å². The summed E-state index contributed by atoms with van der Waals surface area (Å²) >= 11 is 0. The highest BCUT2D eigenvalue weighted by molar-refractivity contribution is 5.91. The van der Waals surface area contributed by atoms with Crippen LogP contribution in [0.3, 0.4) is 0 Å². The van der Waals surface area contributed by atoms with E-state index in [0.717, 1.165) is 0 Å². The van der Waals surface area contributed by atoms with Gasteiger partial charge in [0, 0.05) is 5.57 Å². The van der Waals surface area contributed by atoms with E-state index in [2.05, 4.69) is 33.9 Å². The predicted molar refractivity (Wildman–Crippen MR) is 222 cm³/mol. The Morgan fingerprint density at radius 2 is 0.724 bits per heavy atom. The van der Waals surface area contributed by atoms with E-state index in [4.69, 9.17) is 40.9 Å². The van der Waals surface area contributed by atoms with E-state index in [9.17, 15) is 38.4 Å². The van der Waals surface area contributed by atoms with Crippen LogP contribution in [0.15, 0.2) is 24.8 Å². The maximum atomic E-state index is 9.97. The van der Waals surface area contributed by atoms with Gasteiger partial charge in [0.25, 0.3) is 0 Å². The Labute approximate surface area is 345 Å². The van der Waals surface area contributed by atoms with Gasteiger partial charge in [-0.3, -0.25) is 33.6 Å². The number of carboxylic acids is 8. The molecule has 0 aliphatic rings. The molecule has 0 radical (unpaired) electrons. The number of carbonyl (C=O) groups is 8. The number of hydrogen-bond donors (Lipinski definition) is 8. The Balaban J connectivity index is -0.000000141. The fraction of sp³-hybridized carbons (Fsp3) is 0.714. The van der Waals surface area contributed by atoms with E-state index in [1.807, 2.05) is 6.08 Å². The summed E-state index contributed by atoms with van der Waals surface area (Å²) in [6, 6.07) is 0. The van der Waals surface area contributed by atoms with Crippen molar-refractivity contribution < 1.29 is 79.2 Å². The van der Waals surface area contributed by atoms with Crippen LogP contribution in [0, 0.1) is 5.92 Å². The first-order valence-electron chi connectivity index (χ1n) is 20.2. The largest absolute Gasteiger partial charge is 0.481 e. The molecule has 58 heavy (non-hydrogen) atoms. The van der Waals surface area contributed by atoms with Crippen molar-refractivity contribution in [3.63, 3.8) is 0 Å². The molecule has 1 atom stereocenters.